The molecule has 0 saturated heterocycles. The Morgan fingerprint density at radius 1 is 1.33 bits per heavy atom. The van der Waals surface area contributed by atoms with Crippen molar-refractivity contribution in [1.29, 1.82) is 0 Å². The van der Waals surface area contributed by atoms with Gasteiger partial charge in [0.15, 0.2) is 0 Å². The van der Waals surface area contributed by atoms with E-state index >= 15 is 0 Å². The monoisotopic (exact) mass is 385 g/mol. The molecule has 1 aromatic carbocycles. The molecule has 1 heterocycles. The summed E-state index contributed by atoms with van der Waals surface area (Å²) in [6.45, 7) is 9.65. The van der Waals surface area contributed by atoms with Crippen molar-refractivity contribution in [2.45, 2.75) is 53.1 Å². The lowest BCUT2D eigenvalue weighted by atomic mass is 10.1. The Labute approximate surface area is 166 Å². The number of amides is 1. The van der Waals surface area contributed by atoms with E-state index in [0.717, 1.165) is 34.1 Å². The Bertz CT molecular complexity index is 849. The average Bonchev–Trinajstić information content (AvgIpc) is 3.40. The molecule has 2 aromatic rings. The predicted octanol–water partition coefficient (Wildman–Crippen LogP) is 4.86. The second kappa shape index (κ2) is 8.30. The molecule has 0 aliphatic heterocycles. The van der Waals surface area contributed by atoms with Crippen LogP contribution in [0.25, 0.3) is 6.08 Å². The lowest BCUT2D eigenvalue weighted by Gasteiger charge is -2.25. The van der Waals surface area contributed by atoms with Crippen LogP contribution in [0, 0.1) is 19.8 Å². The maximum atomic E-state index is 12.7. The lowest BCUT2D eigenvalue weighted by Crippen LogP contribution is -2.37. The first-order valence-electron chi connectivity index (χ1n) is 9.63. The topological polar surface area (TPSA) is 38.1 Å². The quantitative estimate of drug-likeness (QED) is 0.638. The summed E-state index contributed by atoms with van der Waals surface area (Å²) in [5.74, 6) is 0.765. The third-order valence-electron chi connectivity index (χ3n) is 5.17. The Balaban J connectivity index is 1.76. The van der Waals surface area contributed by atoms with Crippen molar-refractivity contribution in [3.05, 3.63) is 57.9 Å². The molecule has 27 heavy (non-hydrogen) atoms. The second-order valence-electron chi connectivity index (χ2n) is 7.69. The molecule has 1 aromatic heterocycles. The number of aryl methyl sites for hydroxylation is 1. The predicted molar refractivity (Wildman–Crippen MR) is 111 cm³/mol. The van der Waals surface area contributed by atoms with Crippen molar-refractivity contribution in [1.82, 2.24) is 14.7 Å². The molecule has 144 valence electrons. The van der Waals surface area contributed by atoms with Crippen LogP contribution in [-0.4, -0.2) is 33.2 Å². The molecule has 5 heteroatoms. The van der Waals surface area contributed by atoms with Crippen LogP contribution in [-0.2, 0) is 11.3 Å². The smallest absolute Gasteiger partial charge is 0.246 e. The van der Waals surface area contributed by atoms with E-state index < -0.39 is 0 Å². The van der Waals surface area contributed by atoms with Crippen LogP contribution in [0.1, 0.15) is 49.2 Å². The van der Waals surface area contributed by atoms with Crippen LogP contribution in [0.3, 0.4) is 0 Å². The Morgan fingerprint density at radius 3 is 2.67 bits per heavy atom. The zero-order valence-corrected chi connectivity index (χ0v) is 17.3. The first-order valence-corrected chi connectivity index (χ1v) is 10.0. The molecule has 1 amide bonds. The maximum Gasteiger partial charge on any atom is 0.246 e. The van der Waals surface area contributed by atoms with Crippen molar-refractivity contribution < 1.29 is 4.79 Å². The van der Waals surface area contributed by atoms with Crippen molar-refractivity contribution >= 4 is 23.6 Å². The molecular weight excluding hydrogens is 358 g/mol. The van der Waals surface area contributed by atoms with Crippen LogP contribution >= 0.6 is 11.6 Å². The number of carbonyl (C=O) groups excluding carboxylic acids is 1. The highest BCUT2D eigenvalue weighted by Crippen LogP contribution is 2.30. The summed E-state index contributed by atoms with van der Waals surface area (Å²) in [4.78, 5) is 14.6. The Morgan fingerprint density at radius 2 is 2.04 bits per heavy atom. The number of hydrogen-bond acceptors (Lipinski definition) is 2. The van der Waals surface area contributed by atoms with Crippen molar-refractivity contribution in [3.8, 4) is 0 Å². The Kier molecular flexibility index (Phi) is 6.05. The van der Waals surface area contributed by atoms with Crippen molar-refractivity contribution in [2.75, 3.05) is 6.54 Å². The summed E-state index contributed by atoms with van der Waals surface area (Å²) in [7, 11) is 0. The first-order chi connectivity index (χ1) is 12.9. The van der Waals surface area contributed by atoms with Crippen LogP contribution in [0.4, 0.5) is 0 Å². The lowest BCUT2D eigenvalue weighted by molar-refractivity contribution is -0.127. The van der Waals surface area contributed by atoms with Gasteiger partial charge in [-0.05, 0) is 64.2 Å². The summed E-state index contributed by atoms with van der Waals surface area (Å²) < 4.78 is 1.95. The van der Waals surface area contributed by atoms with Gasteiger partial charge in [0.25, 0.3) is 0 Å². The second-order valence-corrected chi connectivity index (χ2v) is 8.10. The van der Waals surface area contributed by atoms with Gasteiger partial charge in [-0.3, -0.25) is 9.48 Å². The molecule has 0 spiro atoms. The molecule has 0 bridgehead atoms. The van der Waals surface area contributed by atoms with Crippen molar-refractivity contribution in [2.24, 2.45) is 5.92 Å². The molecule has 1 aliphatic carbocycles. The fourth-order valence-electron chi connectivity index (χ4n) is 3.28. The SMILES string of the molecule is Cc1nn(Cc2ccccc2Cl)c(C)c1C=CC(=O)N(CC1CC1)C(C)C. The van der Waals surface area contributed by atoms with Crippen LogP contribution in [0.15, 0.2) is 30.3 Å². The van der Waals surface area contributed by atoms with Gasteiger partial charge < -0.3 is 4.90 Å². The summed E-state index contributed by atoms with van der Waals surface area (Å²) in [5.41, 5.74) is 3.99. The highest BCUT2D eigenvalue weighted by Gasteiger charge is 2.27. The number of rotatable bonds is 7. The van der Waals surface area contributed by atoms with Gasteiger partial charge in [0.2, 0.25) is 5.91 Å². The van der Waals surface area contributed by atoms with E-state index in [1.54, 1.807) is 6.08 Å². The number of aromatic nitrogens is 2. The van der Waals surface area contributed by atoms with Crippen molar-refractivity contribution in [3.63, 3.8) is 0 Å². The number of benzene rings is 1. The third kappa shape index (κ3) is 4.81. The van der Waals surface area contributed by atoms with E-state index in [-0.39, 0.29) is 11.9 Å². The maximum absolute atomic E-state index is 12.7. The van der Waals surface area contributed by atoms with E-state index in [9.17, 15) is 4.79 Å². The number of nitrogens with zero attached hydrogens (tertiary/aromatic N) is 3. The molecule has 1 saturated carbocycles. The van der Waals surface area contributed by atoms with E-state index in [1.165, 1.54) is 12.8 Å². The first kappa shape index (κ1) is 19.7. The van der Waals surface area contributed by atoms with Crippen LogP contribution in [0.2, 0.25) is 5.02 Å². The van der Waals surface area contributed by atoms with E-state index in [2.05, 4.69) is 18.9 Å². The number of hydrogen-bond donors (Lipinski definition) is 0. The van der Waals surface area contributed by atoms with Gasteiger partial charge in [0.1, 0.15) is 0 Å². The number of carbonyl (C=O) groups is 1. The number of halogens is 1. The Hall–Kier alpha value is -2.07. The minimum Gasteiger partial charge on any atom is -0.336 e. The summed E-state index contributed by atoms with van der Waals surface area (Å²) in [6.07, 6.45) is 6.09. The molecule has 4 nitrogen and oxygen atoms in total. The standard InChI is InChI=1S/C22H28ClN3O/c1-15(2)25(13-18-9-10-18)22(27)12-11-20-16(3)24-26(17(20)4)14-19-7-5-6-8-21(19)23/h5-8,11-12,15,18H,9-10,13-14H2,1-4H3. The van der Waals surface area contributed by atoms with E-state index in [1.807, 2.05) is 53.8 Å². The minimum atomic E-state index is 0.0783. The summed E-state index contributed by atoms with van der Waals surface area (Å²) in [5, 5.41) is 5.39. The van der Waals surface area contributed by atoms with Gasteiger partial charge in [-0.2, -0.15) is 5.10 Å². The van der Waals surface area contributed by atoms with Crippen LogP contribution < -0.4 is 0 Å². The summed E-state index contributed by atoms with van der Waals surface area (Å²) in [6, 6.07) is 8.02. The highest BCUT2D eigenvalue weighted by molar-refractivity contribution is 6.31. The molecule has 0 radical (unpaired) electrons. The van der Waals surface area contributed by atoms with Gasteiger partial charge in [0.05, 0.1) is 12.2 Å². The van der Waals surface area contributed by atoms with Gasteiger partial charge >= 0.3 is 0 Å². The molecule has 0 N–H and O–H groups in total. The third-order valence-corrected chi connectivity index (χ3v) is 5.53. The normalized spacial score (nSPS) is 14.3. The largest absolute Gasteiger partial charge is 0.336 e. The van der Waals surface area contributed by atoms with Gasteiger partial charge in [-0.1, -0.05) is 29.8 Å². The molecule has 1 aliphatic rings. The molecule has 3 rings (SSSR count). The zero-order chi connectivity index (χ0) is 19.6. The van der Waals surface area contributed by atoms with E-state index in [0.29, 0.717) is 12.5 Å². The van der Waals surface area contributed by atoms with Gasteiger partial charge in [0, 0.05) is 34.9 Å². The van der Waals surface area contributed by atoms with E-state index in [4.69, 9.17) is 11.6 Å². The molecule has 0 atom stereocenters. The molecular formula is C22H28ClN3O. The van der Waals surface area contributed by atoms with Crippen LogP contribution in [0.5, 0.6) is 0 Å². The zero-order valence-electron chi connectivity index (χ0n) is 16.6. The fourth-order valence-corrected chi connectivity index (χ4v) is 3.47. The fraction of sp³-hybridized carbons (Fsp3) is 0.455. The molecule has 1 fully saturated rings. The molecule has 0 unspecified atom stereocenters. The minimum absolute atomic E-state index is 0.0783. The van der Waals surface area contributed by atoms with Gasteiger partial charge in [-0.25, -0.2) is 0 Å². The average molecular weight is 386 g/mol. The highest BCUT2D eigenvalue weighted by atomic mass is 35.5. The van der Waals surface area contributed by atoms with Gasteiger partial charge in [-0.15, -0.1) is 0 Å². The summed E-state index contributed by atoms with van der Waals surface area (Å²) >= 11 is 6.28.